The average Bonchev–Trinajstić information content (AvgIpc) is 2.82. The lowest BCUT2D eigenvalue weighted by Crippen LogP contribution is -2.43. The zero-order valence-corrected chi connectivity index (χ0v) is 13.3. The first-order valence-electron chi connectivity index (χ1n) is 7.69. The Labute approximate surface area is 127 Å². The predicted octanol–water partition coefficient (Wildman–Crippen LogP) is 2.60. The van der Waals surface area contributed by atoms with Crippen molar-refractivity contribution in [3.8, 4) is 11.5 Å². The lowest BCUT2D eigenvalue weighted by molar-refractivity contribution is 0.0985. The Morgan fingerprint density at radius 3 is 2.52 bits per heavy atom. The number of aliphatic hydroxyl groups excluding tert-OH is 1. The van der Waals surface area contributed by atoms with Gasteiger partial charge in [-0.25, -0.2) is 0 Å². The van der Waals surface area contributed by atoms with Gasteiger partial charge in [0.2, 0.25) is 0 Å². The number of nitrogens with one attached hydrogen (secondary N) is 1. The monoisotopic (exact) mass is 293 g/mol. The standard InChI is InChI=1S/C17H27NO3/c1-17(2)10-4-5-16(17)18-11-13(19)12-21-15-8-6-14(20-3)7-9-15/h6-9,13,16,18-19H,4-5,10-12H2,1-3H3. The average molecular weight is 293 g/mol. The van der Waals surface area contributed by atoms with E-state index in [9.17, 15) is 5.11 Å². The van der Waals surface area contributed by atoms with E-state index in [0.29, 0.717) is 24.6 Å². The highest BCUT2D eigenvalue weighted by Crippen LogP contribution is 2.37. The molecule has 2 unspecified atom stereocenters. The number of aliphatic hydroxyl groups is 1. The molecule has 1 fully saturated rings. The summed E-state index contributed by atoms with van der Waals surface area (Å²) in [6, 6.07) is 7.88. The molecule has 1 aromatic rings. The van der Waals surface area contributed by atoms with Crippen molar-refractivity contribution < 1.29 is 14.6 Å². The lowest BCUT2D eigenvalue weighted by atomic mass is 9.87. The van der Waals surface area contributed by atoms with Crippen LogP contribution in [0, 0.1) is 5.41 Å². The summed E-state index contributed by atoms with van der Waals surface area (Å²) in [5, 5.41) is 13.5. The number of benzene rings is 1. The Balaban J connectivity index is 1.70. The maximum atomic E-state index is 10.0. The van der Waals surface area contributed by atoms with E-state index in [1.807, 2.05) is 24.3 Å². The fourth-order valence-electron chi connectivity index (χ4n) is 2.91. The molecule has 2 N–H and O–H groups in total. The van der Waals surface area contributed by atoms with Crippen LogP contribution < -0.4 is 14.8 Å². The minimum atomic E-state index is -0.497. The summed E-state index contributed by atoms with van der Waals surface area (Å²) in [4.78, 5) is 0. The smallest absolute Gasteiger partial charge is 0.119 e. The number of hydrogen-bond donors (Lipinski definition) is 2. The van der Waals surface area contributed by atoms with Gasteiger partial charge in [-0.05, 0) is 42.5 Å². The zero-order valence-electron chi connectivity index (χ0n) is 13.3. The fraction of sp³-hybridized carbons (Fsp3) is 0.647. The quantitative estimate of drug-likeness (QED) is 0.811. The molecule has 4 heteroatoms. The first kappa shape index (κ1) is 16.1. The summed E-state index contributed by atoms with van der Waals surface area (Å²) in [7, 11) is 1.63. The topological polar surface area (TPSA) is 50.7 Å². The number of hydrogen-bond acceptors (Lipinski definition) is 4. The molecule has 118 valence electrons. The molecule has 0 heterocycles. The molecule has 2 rings (SSSR count). The van der Waals surface area contributed by atoms with E-state index >= 15 is 0 Å². The van der Waals surface area contributed by atoms with Crippen LogP contribution in [0.5, 0.6) is 11.5 Å². The molecule has 0 spiro atoms. The van der Waals surface area contributed by atoms with E-state index in [0.717, 1.165) is 11.5 Å². The largest absolute Gasteiger partial charge is 0.497 e. The normalized spacial score (nSPS) is 22.0. The summed E-state index contributed by atoms with van der Waals surface area (Å²) in [6.07, 6.45) is 3.22. The third-order valence-corrected chi connectivity index (χ3v) is 4.36. The lowest BCUT2D eigenvalue weighted by Gasteiger charge is -2.28. The molecule has 4 nitrogen and oxygen atoms in total. The molecule has 21 heavy (non-hydrogen) atoms. The molecule has 2 atom stereocenters. The Kier molecular flexibility index (Phi) is 5.48. The Morgan fingerprint density at radius 2 is 1.95 bits per heavy atom. The summed E-state index contributed by atoms with van der Waals surface area (Å²) in [5.74, 6) is 1.55. The Morgan fingerprint density at radius 1 is 1.29 bits per heavy atom. The van der Waals surface area contributed by atoms with E-state index in [1.54, 1.807) is 7.11 Å². The van der Waals surface area contributed by atoms with E-state index in [2.05, 4.69) is 19.2 Å². The van der Waals surface area contributed by atoms with Crippen molar-refractivity contribution in [2.24, 2.45) is 5.41 Å². The van der Waals surface area contributed by atoms with Gasteiger partial charge in [0, 0.05) is 12.6 Å². The molecule has 1 saturated carbocycles. The van der Waals surface area contributed by atoms with Crippen LogP contribution in [0.4, 0.5) is 0 Å². The molecule has 0 radical (unpaired) electrons. The van der Waals surface area contributed by atoms with E-state index in [1.165, 1.54) is 19.3 Å². The van der Waals surface area contributed by atoms with Crippen LogP contribution in [-0.4, -0.2) is 37.5 Å². The second-order valence-corrected chi connectivity index (χ2v) is 6.48. The van der Waals surface area contributed by atoms with Gasteiger partial charge < -0.3 is 19.9 Å². The number of methoxy groups -OCH3 is 1. The maximum Gasteiger partial charge on any atom is 0.119 e. The maximum absolute atomic E-state index is 10.0. The number of ether oxygens (including phenoxy) is 2. The van der Waals surface area contributed by atoms with Crippen molar-refractivity contribution in [1.82, 2.24) is 5.32 Å². The van der Waals surface area contributed by atoms with Crippen molar-refractivity contribution in [3.05, 3.63) is 24.3 Å². The van der Waals surface area contributed by atoms with Gasteiger partial charge in [0.15, 0.2) is 0 Å². The molecule has 0 aliphatic heterocycles. The summed E-state index contributed by atoms with van der Waals surface area (Å²) in [5.41, 5.74) is 0.330. The minimum absolute atomic E-state index is 0.298. The third kappa shape index (κ3) is 4.61. The first-order chi connectivity index (χ1) is 10.0. The van der Waals surface area contributed by atoms with Gasteiger partial charge in [0.05, 0.1) is 7.11 Å². The predicted molar refractivity (Wildman–Crippen MR) is 83.9 cm³/mol. The Bertz CT molecular complexity index is 430. The summed E-state index contributed by atoms with van der Waals surface area (Å²) in [6.45, 7) is 5.45. The van der Waals surface area contributed by atoms with Gasteiger partial charge in [0.1, 0.15) is 24.2 Å². The van der Waals surface area contributed by atoms with Crippen molar-refractivity contribution in [2.45, 2.75) is 45.3 Å². The van der Waals surface area contributed by atoms with Crippen LogP contribution in [0.15, 0.2) is 24.3 Å². The molecule has 0 amide bonds. The van der Waals surface area contributed by atoms with Crippen LogP contribution >= 0.6 is 0 Å². The highest BCUT2D eigenvalue weighted by atomic mass is 16.5. The van der Waals surface area contributed by atoms with Crippen molar-refractivity contribution in [3.63, 3.8) is 0 Å². The second-order valence-electron chi connectivity index (χ2n) is 6.48. The molecule has 0 aromatic heterocycles. The van der Waals surface area contributed by atoms with E-state index in [4.69, 9.17) is 9.47 Å². The van der Waals surface area contributed by atoms with Crippen LogP contribution in [0.1, 0.15) is 33.1 Å². The summed E-state index contributed by atoms with van der Waals surface area (Å²) < 4.78 is 10.7. The zero-order chi connectivity index (χ0) is 15.3. The molecular formula is C17H27NO3. The molecule has 1 aliphatic rings. The van der Waals surface area contributed by atoms with Gasteiger partial charge >= 0.3 is 0 Å². The SMILES string of the molecule is COc1ccc(OCC(O)CNC2CCCC2(C)C)cc1. The van der Waals surface area contributed by atoms with Gasteiger partial charge in [-0.1, -0.05) is 20.3 Å². The van der Waals surface area contributed by atoms with Crippen LogP contribution in [0.3, 0.4) is 0 Å². The van der Waals surface area contributed by atoms with Crippen molar-refractivity contribution in [2.75, 3.05) is 20.3 Å². The molecule has 0 bridgehead atoms. The van der Waals surface area contributed by atoms with Gasteiger partial charge in [0.25, 0.3) is 0 Å². The highest BCUT2D eigenvalue weighted by Gasteiger charge is 2.34. The third-order valence-electron chi connectivity index (χ3n) is 4.36. The molecule has 1 aromatic carbocycles. The molecular weight excluding hydrogens is 266 g/mol. The van der Waals surface area contributed by atoms with Crippen molar-refractivity contribution in [1.29, 1.82) is 0 Å². The molecule has 1 aliphatic carbocycles. The Hall–Kier alpha value is -1.26. The van der Waals surface area contributed by atoms with Crippen molar-refractivity contribution >= 4 is 0 Å². The molecule has 0 saturated heterocycles. The minimum Gasteiger partial charge on any atom is -0.497 e. The van der Waals surface area contributed by atoms with Gasteiger partial charge in [-0.15, -0.1) is 0 Å². The van der Waals surface area contributed by atoms with Crippen LogP contribution in [-0.2, 0) is 0 Å². The van der Waals surface area contributed by atoms with Gasteiger partial charge in [-0.3, -0.25) is 0 Å². The highest BCUT2D eigenvalue weighted by molar-refractivity contribution is 5.31. The van der Waals surface area contributed by atoms with Crippen LogP contribution in [0.2, 0.25) is 0 Å². The van der Waals surface area contributed by atoms with E-state index < -0.39 is 6.10 Å². The fourth-order valence-corrected chi connectivity index (χ4v) is 2.91. The second kappa shape index (κ2) is 7.14. The van der Waals surface area contributed by atoms with E-state index in [-0.39, 0.29) is 0 Å². The number of rotatable bonds is 7. The van der Waals surface area contributed by atoms with Gasteiger partial charge in [-0.2, -0.15) is 0 Å². The summed E-state index contributed by atoms with van der Waals surface area (Å²) >= 11 is 0. The van der Waals surface area contributed by atoms with Crippen LogP contribution in [0.25, 0.3) is 0 Å². The first-order valence-corrected chi connectivity index (χ1v) is 7.69.